The zero-order chi connectivity index (χ0) is 37.9. The van der Waals surface area contributed by atoms with E-state index >= 15 is 0 Å². The van der Waals surface area contributed by atoms with Gasteiger partial charge in [0.15, 0.2) is 0 Å². The number of nitrogens with one attached hydrogen (secondary N) is 1. The molecule has 0 bridgehead atoms. The second-order valence-electron chi connectivity index (χ2n) is 14.4. The molecule has 0 atom stereocenters. The molecule has 1 amide bonds. The third-order valence-corrected chi connectivity index (χ3v) is 11.7. The first-order chi connectivity index (χ1) is 25.5. The van der Waals surface area contributed by atoms with Crippen LogP contribution in [0.25, 0.3) is 22.2 Å². The summed E-state index contributed by atoms with van der Waals surface area (Å²) in [6.45, 7) is 11.0. The van der Waals surface area contributed by atoms with E-state index in [0.29, 0.717) is 72.1 Å². The Labute approximate surface area is 320 Å². The van der Waals surface area contributed by atoms with Gasteiger partial charge in [0.25, 0.3) is 11.5 Å². The van der Waals surface area contributed by atoms with E-state index in [-0.39, 0.29) is 32.6 Å². The monoisotopic (exact) mass is 766 g/mol. The standard InChI is InChI=1S/C38H48Cl2N8O5/c1-38(2,47-15-13-45(14-16-47)27-22-53-23-27)19-26(20-41)35(49)46-11-8-24(9-12-46)7-6-10-48-34-25(21-43-37(42-3)44-34)17-28(36(48)50)31-32(39)29(51-4)18-30(52-5)33(31)40/h17-19,21,24,27H,6-16,22-23H2,1-5H3,(H,42,43,44)/b26-19-. The number of aryl methyl sites for hydroxylation is 1. The molecule has 0 aliphatic carbocycles. The molecule has 2 aromatic heterocycles. The van der Waals surface area contributed by atoms with Crippen LogP contribution >= 0.6 is 23.2 Å². The maximum Gasteiger partial charge on any atom is 0.264 e. The Morgan fingerprint density at radius 3 is 2.30 bits per heavy atom. The lowest BCUT2D eigenvalue weighted by atomic mass is 9.91. The van der Waals surface area contributed by atoms with Gasteiger partial charge in [-0.3, -0.25) is 24.0 Å². The van der Waals surface area contributed by atoms with Gasteiger partial charge in [-0.05, 0) is 57.6 Å². The van der Waals surface area contributed by atoms with Gasteiger partial charge in [-0.2, -0.15) is 10.2 Å². The predicted octanol–water partition coefficient (Wildman–Crippen LogP) is 5.09. The summed E-state index contributed by atoms with van der Waals surface area (Å²) in [5.74, 6) is 1.21. The Bertz CT molecular complexity index is 1930. The quantitative estimate of drug-likeness (QED) is 0.195. The lowest BCUT2D eigenvalue weighted by Gasteiger charge is -2.46. The maximum absolute atomic E-state index is 14.2. The summed E-state index contributed by atoms with van der Waals surface area (Å²) in [6.07, 6.45) is 6.71. The number of anilines is 1. The van der Waals surface area contributed by atoms with Crippen LogP contribution < -0.4 is 20.3 Å². The average Bonchev–Trinajstić information content (AvgIpc) is 3.14. The summed E-state index contributed by atoms with van der Waals surface area (Å²) in [4.78, 5) is 43.5. The Morgan fingerprint density at radius 2 is 1.74 bits per heavy atom. The van der Waals surface area contributed by atoms with Gasteiger partial charge in [0.2, 0.25) is 5.95 Å². The number of methoxy groups -OCH3 is 2. The van der Waals surface area contributed by atoms with E-state index in [1.54, 1.807) is 29.9 Å². The van der Waals surface area contributed by atoms with Gasteiger partial charge in [0, 0.05) is 81.6 Å². The second kappa shape index (κ2) is 16.6. The number of nitriles is 1. The van der Waals surface area contributed by atoms with Gasteiger partial charge in [0.1, 0.15) is 28.8 Å². The molecule has 0 saturated carbocycles. The minimum atomic E-state index is -0.422. The number of pyridine rings is 1. The highest BCUT2D eigenvalue weighted by molar-refractivity contribution is 6.41. The fourth-order valence-electron chi connectivity index (χ4n) is 7.61. The number of carbonyl (C=O) groups is 1. The molecule has 1 N–H and O–H groups in total. The fourth-order valence-corrected chi connectivity index (χ4v) is 8.31. The molecule has 6 rings (SSSR count). The molecule has 284 valence electrons. The fraction of sp³-hybridized carbons (Fsp3) is 0.553. The number of nitrogens with zero attached hydrogens (tertiary/aromatic N) is 7. The van der Waals surface area contributed by atoms with Crippen molar-refractivity contribution in [2.45, 2.75) is 57.7 Å². The van der Waals surface area contributed by atoms with Gasteiger partial charge in [-0.25, -0.2) is 4.98 Å². The number of fused-ring (bicyclic) bond motifs is 1. The van der Waals surface area contributed by atoms with E-state index in [0.717, 1.165) is 58.7 Å². The smallest absolute Gasteiger partial charge is 0.264 e. The number of halogens is 2. The van der Waals surface area contributed by atoms with E-state index in [1.165, 1.54) is 14.2 Å². The van der Waals surface area contributed by atoms with E-state index < -0.39 is 5.54 Å². The highest BCUT2D eigenvalue weighted by atomic mass is 35.5. The van der Waals surface area contributed by atoms with Crippen molar-refractivity contribution in [2.24, 2.45) is 5.92 Å². The molecule has 3 fully saturated rings. The SMILES string of the molecule is CNc1ncc2cc(-c3c(Cl)c(OC)cc(OC)c3Cl)c(=O)n(CCCC3CCN(C(=O)/C(C#N)=C\C(C)(C)N4CCN(C5COC5)CC4)CC3)c2n1. The molecular formula is C38H48Cl2N8O5. The zero-order valence-electron chi connectivity index (χ0n) is 31.1. The van der Waals surface area contributed by atoms with Gasteiger partial charge in [0.05, 0.1) is 49.1 Å². The van der Waals surface area contributed by atoms with Crippen LogP contribution in [-0.4, -0.2) is 120 Å². The van der Waals surface area contributed by atoms with E-state index in [4.69, 9.17) is 37.4 Å². The first kappa shape index (κ1) is 38.8. The van der Waals surface area contributed by atoms with Gasteiger partial charge < -0.3 is 24.4 Å². The van der Waals surface area contributed by atoms with Crippen LogP contribution in [0, 0.1) is 17.2 Å². The average molecular weight is 768 g/mol. The minimum absolute atomic E-state index is 0.200. The van der Waals surface area contributed by atoms with Crippen LogP contribution in [0.4, 0.5) is 5.95 Å². The third kappa shape index (κ3) is 8.12. The van der Waals surface area contributed by atoms with E-state index in [9.17, 15) is 14.9 Å². The van der Waals surface area contributed by atoms with E-state index in [1.807, 2.05) is 11.0 Å². The van der Waals surface area contributed by atoms with Crippen molar-refractivity contribution in [1.29, 1.82) is 5.26 Å². The lowest BCUT2D eigenvalue weighted by Crippen LogP contribution is -2.59. The van der Waals surface area contributed by atoms with Crippen molar-refractivity contribution < 1.29 is 19.0 Å². The summed E-state index contributed by atoms with van der Waals surface area (Å²) in [5, 5.41) is 14.1. The normalized spacial score (nSPS) is 18.2. The molecule has 0 spiro atoms. The van der Waals surface area contributed by atoms with Crippen molar-refractivity contribution in [2.75, 3.05) is 79.1 Å². The van der Waals surface area contributed by atoms with Crippen LogP contribution in [0.3, 0.4) is 0 Å². The van der Waals surface area contributed by atoms with E-state index in [2.05, 4.69) is 45.0 Å². The van der Waals surface area contributed by atoms with Crippen LogP contribution in [0.2, 0.25) is 10.0 Å². The molecule has 5 heterocycles. The Balaban J connectivity index is 1.12. The number of benzene rings is 1. The molecule has 3 aliphatic heterocycles. The first-order valence-corrected chi connectivity index (χ1v) is 18.9. The Hall–Kier alpha value is -3.93. The highest BCUT2D eigenvalue weighted by Gasteiger charge is 2.35. The number of piperazine rings is 1. The summed E-state index contributed by atoms with van der Waals surface area (Å²) < 4.78 is 17.9. The number of rotatable bonds is 12. The molecular weight excluding hydrogens is 719 g/mol. The highest BCUT2D eigenvalue weighted by Crippen LogP contribution is 2.45. The number of likely N-dealkylation sites (tertiary alicyclic amines) is 1. The summed E-state index contributed by atoms with van der Waals surface area (Å²) in [7, 11) is 4.70. The van der Waals surface area contributed by atoms with Crippen molar-refractivity contribution >= 4 is 46.1 Å². The molecule has 0 radical (unpaired) electrons. The minimum Gasteiger partial charge on any atom is -0.495 e. The molecule has 3 saturated heterocycles. The summed E-state index contributed by atoms with van der Waals surface area (Å²) in [5.41, 5.74) is 0.574. The predicted molar refractivity (Wildman–Crippen MR) is 206 cm³/mol. The molecule has 3 aromatic rings. The number of hydrogen-bond donors (Lipinski definition) is 1. The molecule has 53 heavy (non-hydrogen) atoms. The number of piperidine rings is 1. The third-order valence-electron chi connectivity index (χ3n) is 10.9. The van der Waals surface area contributed by atoms with Crippen molar-refractivity contribution in [1.82, 2.24) is 29.2 Å². The van der Waals surface area contributed by atoms with Crippen molar-refractivity contribution in [3.8, 4) is 28.7 Å². The number of hydrogen-bond acceptors (Lipinski definition) is 11. The molecule has 13 nitrogen and oxygen atoms in total. The topological polar surface area (TPSA) is 138 Å². The second-order valence-corrected chi connectivity index (χ2v) is 15.2. The van der Waals surface area contributed by atoms with Crippen LogP contribution in [0.1, 0.15) is 39.5 Å². The number of amides is 1. The molecule has 3 aliphatic rings. The maximum atomic E-state index is 14.2. The van der Waals surface area contributed by atoms with Crippen molar-refractivity contribution in [3.05, 3.63) is 50.4 Å². The molecule has 15 heteroatoms. The van der Waals surface area contributed by atoms with Crippen molar-refractivity contribution in [3.63, 3.8) is 0 Å². The zero-order valence-corrected chi connectivity index (χ0v) is 32.6. The number of carbonyl (C=O) groups excluding carboxylic acids is 1. The number of aromatic nitrogens is 3. The van der Waals surface area contributed by atoms with Gasteiger partial charge >= 0.3 is 0 Å². The van der Waals surface area contributed by atoms with Crippen LogP contribution in [-0.2, 0) is 16.1 Å². The number of ether oxygens (including phenoxy) is 3. The first-order valence-electron chi connectivity index (χ1n) is 18.2. The van der Waals surface area contributed by atoms with Crippen LogP contribution in [0.5, 0.6) is 11.5 Å². The van der Waals surface area contributed by atoms with Gasteiger partial charge in [-0.1, -0.05) is 23.2 Å². The largest absolute Gasteiger partial charge is 0.495 e. The lowest BCUT2D eigenvalue weighted by molar-refractivity contribution is -0.128. The van der Waals surface area contributed by atoms with Crippen LogP contribution in [0.15, 0.2) is 34.8 Å². The summed E-state index contributed by atoms with van der Waals surface area (Å²) in [6, 6.07) is 6.00. The Morgan fingerprint density at radius 1 is 1.08 bits per heavy atom. The Kier molecular flexibility index (Phi) is 12.2. The summed E-state index contributed by atoms with van der Waals surface area (Å²) >= 11 is 13.5. The molecule has 0 unspecified atom stereocenters. The van der Waals surface area contributed by atoms with Gasteiger partial charge in [-0.15, -0.1) is 0 Å². The molecule has 1 aromatic carbocycles.